The maximum absolute atomic E-state index is 11.8. The van der Waals surface area contributed by atoms with Crippen LogP contribution in [0.5, 0.6) is 23.0 Å². The fraction of sp³-hybridized carbons (Fsp3) is 0.316. The van der Waals surface area contributed by atoms with E-state index < -0.39 is 0 Å². The van der Waals surface area contributed by atoms with Gasteiger partial charge in [0.25, 0.3) is 0 Å². The third-order valence-electron chi connectivity index (χ3n) is 4.44. The summed E-state index contributed by atoms with van der Waals surface area (Å²) in [5.41, 5.74) is 10.2. The molecule has 0 unspecified atom stereocenters. The number of aryl methyl sites for hydroxylation is 1. The molecule has 0 aromatic heterocycles. The Balaban J connectivity index is 2.12. The minimum Gasteiger partial charge on any atom is -0.507 e. The van der Waals surface area contributed by atoms with E-state index in [9.17, 15) is 9.90 Å². The number of Topliss-reactive ketones (excluding diaryl/α,β-unsaturated/α-hetero) is 1. The molecule has 5 heteroatoms. The van der Waals surface area contributed by atoms with Gasteiger partial charge in [0.15, 0.2) is 17.3 Å². The Bertz CT molecular complexity index is 827. The molecular formula is C19H21NO4. The largest absolute Gasteiger partial charge is 0.507 e. The summed E-state index contributed by atoms with van der Waals surface area (Å²) in [5.74, 6) is 1.00. The first-order chi connectivity index (χ1) is 11.4. The summed E-state index contributed by atoms with van der Waals surface area (Å²) >= 11 is 0. The van der Waals surface area contributed by atoms with E-state index in [0.29, 0.717) is 5.75 Å². The second-order valence-corrected chi connectivity index (χ2v) is 6.07. The smallest absolute Gasteiger partial charge is 0.175 e. The first-order valence-corrected chi connectivity index (χ1v) is 7.93. The number of nitrogens with two attached hydrogens (primary N) is 1. The van der Waals surface area contributed by atoms with Gasteiger partial charge in [-0.3, -0.25) is 4.79 Å². The predicted molar refractivity (Wildman–Crippen MR) is 92.4 cm³/mol. The lowest BCUT2D eigenvalue weighted by molar-refractivity contribution is 0.101. The fourth-order valence-corrected chi connectivity index (χ4v) is 3.37. The summed E-state index contributed by atoms with van der Waals surface area (Å²) in [6.45, 7) is 3.33. The van der Waals surface area contributed by atoms with Crippen molar-refractivity contribution in [1.29, 1.82) is 0 Å². The van der Waals surface area contributed by atoms with Gasteiger partial charge in [-0.05, 0) is 62.4 Å². The average molecular weight is 327 g/mol. The predicted octanol–water partition coefficient (Wildman–Crippen LogP) is 3.78. The van der Waals surface area contributed by atoms with Crippen molar-refractivity contribution >= 4 is 11.5 Å². The number of carbonyl (C=O) groups excluding carboxylic acids is 1. The van der Waals surface area contributed by atoms with E-state index in [-0.39, 0.29) is 22.8 Å². The van der Waals surface area contributed by atoms with Crippen LogP contribution in [0, 0.1) is 6.92 Å². The van der Waals surface area contributed by atoms with Gasteiger partial charge in [-0.15, -0.1) is 0 Å². The van der Waals surface area contributed by atoms with Crippen LogP contribution < -0.4 is 15.2 Å². The summed E-state index contributed by atoms with van der Waals surface area (Å²) in [6, 6.07) is 4.97. The van der Waals surface area contributed by atoms with Crippen molar-refractivity contribution in [3.8, 4) is 23.0 Å². The first-order valence-electron chi connectivity index (χ1n) is 7.93. The molecule has 1 aliphatic rings. The summed E-state index contributed by atoms with van der Waals surface area (Å²) in [5, 5.41) is 9.96. The number of hydrogen-bond donors (Lipinski definition) is 2. The molecule has 0 radical (unpaired) electrons. The van der Waals surface area contributed by atoms with E-state index in [1.54, 1.807) is 6.07 Å². The normalized spacial score (nSPS) is 12.8. The van der Waals surface area contributed by atoms with E-state index in [2.05, 4.69) is 0 Å². The van der Waals surface area contributed by atoms with Crippen molar-refractivity contribution in [1.82, 2.24) is 0 Å². The van der Waals surface area contributed by atoms with Gasteiger partial charge in [-0.25, -0.2) is 0 Å². The molecule has 3 rings (SSSR count). The van der Waals surface area contributed by atoms with Crippen molar-refractivity contribution in [2.75, 3.05) is 12.8 Å². The number of ether oxygens (including phenoxy) is 2. The monoisotopic (exact) mass is 327 g/mol. The van der Waals surface area contributed by atoms with Crippen LogP contribution in [0.1, 0.15) is 40.4 Å². The number of phenolic OH excluding ortho intramolecular Hbond substituents is 1. The molecule has 0 saturated heterocycles. The Labute approximate surface area is 141 Å². The summed E-state index contributed by atoms with van der Waals surface area (Å²) in [4.78, 5) is 11.8. The number of anilines is 1. The lowest BCUT2D eigenvalue weighted by atomic mass is 10.0. The summed E-state index contributed by atoms with van der Waals surface area (Å²) in [6.07, 6.45) is 2.91. The average Bonchev–Trinajstić information content (AvgIpc) is 3.01. The molecule has 2 aromatic rings. The number of fused-ring (bicyclic) bond motifs is 1. The van der Waals surface area contributed by atoms with E-state index in [1.165, 1.54) is 20.1 Å². The number of methoxy groups -OCH3 is 1. The zero-order chi connectivity index (χ0) is 17.4. The Hall–Kier alpha value is -2.69. The SMILES string of the molecule is COc1c(Oc2c(C)cc(N)c3c2CCC3)ccc(O)c1C(C)=O. The fourth-order valence-electron chi connectivity index (χ4n) is 3.37. The van der Waals surface area contributed by atoms with Gasteiger partial charge in [-0.2, -0.15) is 0 Å². The Morgan fingerprint density at radius 2 is 1.92 bits per heavy atom. The van der Waals surface area contributed by atoms with Crippen LogP contribution >= 0.6 is 0 Å². The van der Waals surface area contributed by atoms with Crippen molar-refractivity contribution in [3.05, 3.63) is 40.5 Å². The first kappa shape index (κ1) is 16.2. The van der Waals surface area contributed by atoms with Gasteiger partial charge in [0.2, 0.25) is 0 Å². The number of nitrogen functional groups attached to an aromatic ring is 1. The molecule has 0 fully saturated rings. The third-order valence-corrected chi connectivity index (χ3v) is 4.44. The van der Waals surface area contributed by atoms with Crippen LogP contribution in [0.15, 0.2) is 18.2 Å². The van der Waals surface area contributed by atoms with Crippen molar-refractivity contribution in [2.45, 2.75) is 33.1 Å². The van der Waals surface area contributed by atoms with Crippen molar-refractivity contribution < 1.29 is 19.4 Å². The summed E-state index contributed by atoms with van der Waals surface area (Å²) < 4.78 is 11.5. The van der Waals surface area contributed by atoms with E-state index in [0.717, 1.165) is 47.4 Å². The highest BCUT2D eigenvalue weighted by atomic mass is 16.5. The Kier molecular flexibility index (Phi) is 4.09. The molecule has 0 atom stereocenters. The van der Waals surface area contributed by atoms with Crippen LogP contribution in [0.25, 0.3) is 0 Å². The number of ketones is 1. The number of aromatic hydroxyl groups is 1. The molecule has 0 amide bonds. The zero-order valence-corrected chi connectivity index (χ0v) is 14.1. The lowest BCUT2D eigenvalue weighted by Crippen LogP contribution is -2.03. The minimum atomic E-state index is -0.283. The summed E-state index contributed by atoms with van der Waals surface area (Å²) in [7, 11) is 1.45. The number of rotatable bonds is 4. The third kappa shape index (κ3) is 2.56. The molecular weight excluding hydrogens is 306 g/mol. The van der Waals surface area contributed by atoms with Crippen LogP contribution in [0.3, 0.4) is 0 Å². The lowest BCUT2D eigenvalue weighted by Gasteiger charge is -2.18. The zero-order valence-electron chi connectivity index (χ0n) is 14.1. The molecule has 3 N–H and O–H groups in total. The molecule has 24 heavy (non-hydrogen) atoms. The Morgan fingerprint density at radius 3 is 2.58 bits per heavy atom. The topological polar surface area (TPSA) is 81.8 Å². The molecule has 0 aliphatic heterocycles. The molecule has 0 heterocycles. The van der Waals surface area contributed by atoms with Crippen LogP contribution in [-0.2, 0) is 12.8 Å². The van der Waals surface area contributed by atoms with Gasteiger partial charge in [-0.1, -0.05) is 0 Å². The molecule has 5 nitrogen and oxygen atoms in total. The maximum atomic E-state index is 11.8. The number of phenols is 1. The Morgan fingerprint density at radius 1 is 1.21 bits per heavy atom. The van der Waals surface area contributed by atoms with Crippen LogP contribution in [-0.4, -0.2) is 18.0 Å². The minimum absolute atomic E-state index is 0.119. The highest BCUT2D eigenvalue weighted by molar-refractivity contribution is 6.00. The number of hydrogen-bond acceptors (Lipinski definition) is 5. The number of carbonyl (C=O) groups is 1. The molecule has 2 aromatic carbocycles. The standard InChI is InChI=1S/C19H21NO4/c1-10-9-14(20)12-5-4-6-13(12)18(10)24-16-8-7-15(22)17(11(2)21)19(16)23-3/h7-9,22H,4-6,20H2,1-3H3. The highest BCUT2D eigenvalue weighted by Gasteiger charge is 2.24. The van der Waals surface area contributed by atoms with E-state index >= 15 is 0 Å². The van der Waals surface area contributed by atoms with E-state index in [1.807, 2.05) is 13.0 Å². The second kappa shape index (κ2) is 6.07. The molecule has 0 saturated carbocycles. The second-order valence-electron chi connectivity index (χ2n) is 6.07. The number of benzene rings is 2. The quantitative estimate of drug-likeness (QED) is 0.660. The highest BCUT2D eigenvalue weighted by Crippen LogP contribution is 2.44. The molecule has 1 aliphatic carbocycles. The van der Waals surface area contributed by atoms with Gasteiger partial charge in [0.1, 0.15) is 17.1 Å². The molecule has 126 valence electrons. The van der Waals surface area contributed by atoms with E-state index in [4.69, 9.17) is 15.2 Å². The molecule has 0 bridgehead atoms. The van der Waals surface area contributed by atoms with Crippen LogP contribution in [0.2, 0.25) is 0 Å². The van der Waals surface area contributed by atoms with Gasteiger partial charge < -0.3 is 20.3 Å². The van der Waals surface area contributed by atoms with Gasteiger partial charge in [0, 0.05) is 11.3 Å². The van der Waals surface area contributed by atoms with Crippen LogP contribution in [0.4, 0.5) is 5.69 Å². The van der Waals surface area contributed by atoms with Crippen molar-refractivity contribution in [2.24, 2.45) is 0 Å². The van der Waals surface area contributed by atoms with Crippen molar-refractivity contribution in [3.63, 3.8) is 0 Å². The molecule has 0 spiro atoms. The maximum Gasteiger partial charge on any atom is 0.175 e. The van der Waals surface area contributed by atoms with Gasteiger partial charge in [0.05, 0.1) is 7.11 Å². The van der Waals surface area contributed by atoms with Gasteiger partial charge >= 0.3 is 0 Å².